The van der Waals surface area contributed by atoms with Crippen LogP contribution >= 0.6 is 0 Å². The molecule has 0 unspecified atom stereocenters. The fourth-order valence-corrected chi connectivity index (χ4v) is 7.19. The van der Waals surface area contributed by atoms with E-state index < -0.39 is 89.7 Å². The molecule has 0 aliphatic carbocycles. The van der Waals surface area contributed by atoms with Crippen LogP contribution in [0, 0.1) is 5.92 Å². The lowest BCUT2D eigenvalue weighted by Crippen LogP contribution is -2.63. The SMILES string of the molecule is CC[C@H](C)[C@@H]1NC(=O)[C@H]([C@@H](C)O)NC(=O)[C@H]2CCCN2C(=O)[C@H](Cc2c[nH]c3ccccc23)NC(=O)[C@H](CCCN=C(N)N)NC(=O)[C@@H](CCCNC(N)=O)NC1=O. The predicted molar refractivity (Wildman–Crippen MR) is 214 cm³/mol. The normalized spacial score (nSPS) is 24.9. The molecule has 2 aromatic rings. The third kappa shape index (κ3) is 12.0. The predicted octanol–water partition coefficient (Wildman–Crippen LogP) is -1.93. The van der Waals surface area contributed by atoms with Crippen LogP contribution < -0.4 is 49.1 Å². The molecule has 2 fully saturated rings. The number of carbonyl (C=O) groups is 7. The molecule has 20 nitrogen and oxygen atoms in total. The Morgan fingerprint density at radius 1 is 0.862 bits per heavy atom. The number of aliphatic hydroxyl groups is 1. The Kier molecular flexibility index (Phi) is 16.2. The first kappa shape index (κ1) is 44.8. The van der Waals surface area contributed by atoms with Crippen molar-refractivity contribution in [3.8, 4) is 0 Å². The quantitative estimate of drug-likeness (QED) is 0.0605. The number of nitrogens with zero attached hydrogens (tertiary/aromatic N) is 2. The Hall–Kier alpha value is -5.92. The maximum Gasteiger partial charge on any atom is 0.312 e. The molecule has 8 amide bonds. The minimum absolute atomic E-state index is 0.00927. The van der Waals surface area contributed by atoms with Gasteiger partial charge in [-0.3, -0.25) is 33.8 Å². The third-order valence-corrected chi connectivity index (χ3v) is 10.6. The van der Waals surface area contributed by atoms with Crippen LogP contribution in [0.25, 0.3) is 10.9 Å². The summed E-state index contributed by atoms with van der Waals surface area (Å²) in [6.07, 6.45) is 1.85. The van der Waals surface area contributed by atoms with Gasteiger partial charge in [-0.25, -0.2) is 4.79 Å². The van der Waals surface area contributed by atoms with Crippen molar-refractivity contribution in [1.82, 2.24) is 41.8 Å². The van der Waals surface area contributed by atoms with Gasteiger partial charge in [-0.15, -0.1) is 0 Å². The molecule has 0 radical (unpaired) electrons. The van der Waals surface area contributed by atoms with E-state index in [4.69, 9.17) is 17.2 Å². The molecule has 14 N–H and O–H groups in total. The van der Waals surface area contributed by atoms with E-state index >= 15 is 0 Å². The number of aliphatic imine (C=N–C) groups is 1. The molecule has 4 rings (SSSR count). The van der Waals surface area contributed by atoms with Gasteiger partial charge in [0.05, 0.1) is 6.10 Å². The highest BCUT2D eigenvalue weighted by molar-refractivity contribution is 5.99. The van der Waals surface area contributed by atoms with E-state index in [1.54, 1.807) is 20.0 Å². The fourth-order valence-electron chi connectivity index (χ4n) is 7.19. The van der Waals surface area contributed by atoms with Gasteiger partial charge in [-0.2, -0.15) is 0 Å². The molecular formula is C38H58N12O8. The molecule has 318 valence electrons. The number of rotatable bonds is 13. The van der Waals surface area contributed by atoms with Crippen LogP contribution in [-0.4, -0.2) is 124 Å². The van der Waals surface area contributed by atoms with Crippen LogP contribution in [0.2, 0.25) is 0 Å². The number of para-hydroxylation sites is 1. The Bertz CT molecular complexity index is 1830. The molecule has 3 heterocycles. The summed E-state index contributed by atoms with van der Waals surface area (Å²) in [4.78, 5) is 105. The zero-order valence-electron chi connectivity index (χ0n) is 33.2. The standard InChI is InChI=1S/C38H58N12O8/c1-4-20(2)29-34(55)46-26(13-8-16-43-38(41)58)31(52)45-25(12-7-15-42-37(39)40)32(53)47-27(18-22-19-44-24-11-6-5-10-23(22)24)36(57)50-17-9-14-28(50)33(54)49-30(21(3)51)35(56)48-29/h5-6,10-11,19-21,25-30,44,51H,4,7-9,12-18H2,1-3H3,(H,45,52)(H,46,55)(H,47,53)(H,48,56)(H,49,54)(H4,39,40,42)(H3,41,43,58)/t20-,21+,25-,26+,27-,28+,29-,30-/m0/s1. The van der Waals surface area contributed by atoms with E-state index in [0.717, 1.165) is 10.9 Å². The summed E-state index contributed by atoms with van der Waals surface area (Å²) in [7, 11) is 0. The number of hydrogen-bond donors (Lipinski definition) is 11. The number of nitrogens with one attached hydrogen (secondary N) is 7. The highest BCUT2D eigenvalue weighted by Gasteiger charge is 2.41. The third-order valence-electron chi connectivity index (χ3n) is 10.6. The van der Waals surface area contributed by atoms with E-state index in [0.29, 0.717) is 18.4 Å². The Morgan fingerprint density at radius 2 is 1.48 bits per heavy atom. The van der Waals surface area contributed by atoms with Crippen molar-refractivity contribution in [1.29, 1.82) is 0 Å². The number of fused-ring (bicyclic) bond motifs is 2. The summed E-state index contributed by atoms with van der Waals surface area (Å²) in [6, 6.07) is -0.891. The summed E-state index contributed by atoms with van der Waals surface area (Å²) in [6.45, 7) is 5.17. The lowest BCUT2D eigenvalue weighted by molar-refractivity contribution is -0.143. The summed E-state index contributed by atoms with van der Waals surface area (Å²) < 4.78 is 0. The molecule has 0 saturated carbocycles. The van der Waals surface area contributed by atoms with Crippen molar-refractivity contribution in [3.63, 3.8) is 0 Å². The van der Waals surface area contributed by atoms with Gasteiger partial charge in [-0.05, 0) is 63.0 Å². The lowest BCUT2D eigenvalue weighted by Gasteiger charge is -2.33. The van der Waals surface area contributed by atoms with E-state index in [1.165, 1.54) is 11.8 Å². The van der Waals surface area contributed by atoms with Crippen LogP contribution in [0.1, 0.15) is 71.3 Å². The number of primary amides is 1. The number of carbonyl (C=O) groups excluding carboxylic acids is 7. The molecule has 2 aliphatic rings. The molecule has 2 saturated heterocycles. The smallest absolute Gasteiger partial charge is 0.312 e. The molecule has 1 aromatic carbocycles. The van der Waals surface area contributed by atoms with Gasteiger partial charge in [0.25, 0.3) is 0 Å². The topological polar surface area (TPSA) is 321 Å². The summed E-state index contributed by atoms with van der Waals surface area (Å²) in [5.74, 6) is -4.95. The minimum Gasteiger partial charge on any atom is -0.391 e. The number of amides is 8. The van der Waals surface area contributed by atoms with Gasteiger partial charge in [0, 0.05) is 43.2 Å². The molecule has 58 heavy (non-hydrogen) atoms. The van der Waals surface area contributed by atoms with Gasteiger partial charge in [0.15, 0.2) is 5.96 Å². The van der Waals surface area contributed by atoms with Crippen LogP contribution in [0.4, 0.5) is 4.79 Å². The van der Waals surface area contributed by atoms with Gasteiger partial charge in [-0.1, -0.05) is 38.5 Å². The zero-order valence-corrected chi connectivity index (χ0v) is 33.2. The van der Waals surface area contributed by atoms with E-state index in [2.05, 4.69) is 41.9 Å². The van der Waals surface area contributed by atoms with E-state index in [9.17, 15) is 38.7 Å². The number of aliphatic hydroxyl groups excluding tert-OH is 1. The van der Waals surface area contributed by atoms with Gasteiger partial charge in [0.2, 0.25) is 35.4 Å². The molecule has 20 heteroatoms. The first-order valence-corrected chi connectivity index (χ1v) is 19.7. The number of hydrogen-bond acceptors (Lipinski definition) is 9. The summed E-state index contributed by atoms with van der Waals surface area (Å²) >= 11 is 0. The highest BCUT2D eigenvalue weighted by atomic mass is 16.3. The summed E-state index contributed by atoms with van der Waals surface area (Å²) in [5.41, 5.74) is 17.8. The second kappa shape index (κ2) is 21.0. The maximum absolute atomic E-state index is 14.6. The van der Waals surface area contributed by atoms with Crippen molar-refractivity contribution in [2.75, 3.05) is 19.6 Å². The molecular weight excluding hydrogens is 752 g/mol. The molecule has 1 aromatic heterocycles. The lowest BCUT2D eigenvalue weighted by atomic mass is 9.96. The second-order valence-corrected chi connectivity index (χ2v) is 14.9. The van der Waals surface area contributed by atoms with Crippen LogP contribution in [0.3, 0.4) is 0 Å². The molecule has 0 spiro atoms. The largest absolute Gasteiger partial charge is 0.391 e. The Balaban J connectivity index is 1.79. The Morgan fingerprint density at radius 3 is 2.14 bits per heavy atom. The van der Waals surface area contributed by atoms with Crippen molar-refractivity contribution in [2.24, 2.45) is 28.1 Å². The van der Waals surface area contributed by atoms with Gasteiger partial charge >= 0.3 is 6.03 Å². The summed E-state index contributed by atoms with van der Waals surface area (Å²) in [5, 5.41) is 27.5. The average Bonchev–Trinajstić information content (AvgIpc) is 3.84. The van der Waals surface area contributed by atoms with E-state index in [1.807, 2.05) is 24.3 Å². The first-order valence-electron chi connectivity index (χ1n) is 19.7. The molecule has 8 atom stereocenters. The van der Waals surface area contributed by atoms with Crippen LogP contribution in [0.15, 0.2) is 35.5 Å². The number of guanidine groups is 1. The Labute approximate surface area is 336 Å². The van der Waals surface area contributed by atoms with Crippen molar-refractivity contribution < 1.29 is 38.7 Å². The zero-order chi connectivity index (χ0) is 42.5. The molecule has 2 aliphatic heterocycles. The maximum atomic E-state index is 14.6. The van der Waals surface area contributed by atoms with Crippen molar-refractivity contribution in [2.45, 2.75) is 114 Å². The van der Waals surface area contributed by atoms with Crippen molar-refractivity contribution in [3.05, 3.63) is 36.0 Å². The van der Waals surface area contributed by atoms with Crippen LogP contribution in [-0.2, 0) is 35.2 Å². The monoisotopic (exact) mass is 810 g/mol. The molecule has 0 bridgehead atoms. The average molecular weight is 811 g/mol. The van der Waals surface area contributed by atoms with Gasteiger partial charge < -0.3 is 64.1 Å². The number of urea groups is 1. The number of H-pyrrole nitrogens is 1. The number of nitrogens with two attached hydrogens (primary N) is 3. The van der Waals surface area contributed by atoms with Crippen molar-refractivity contribution >= 4 is 58.3 Å². The number of aromatic amines is 1. The fraction of sp³-hybridized carbons (Fsp3) is 0.579. The highest BCUT2D eigenvalue weighted by Crippen LogP contribution is 2.24. The minimum atomic E-state index is -1.51. The number of aromatic nitrogens is 1. The van der Waals surface area contributed by atoms with Gasteiger partial charge in [0.1, 0.15) is 36.3 Å². The second-order valence-electron chi connectivity index (χ2n) is 14.9. The number of benzene rings is 1. The van der Waals surface area contributed by atoms with E-state index in [-0.39, 0.29) is 64.1 Å². The first-order chi connectivity index (χ1) is 27.6. The van der Waals surface area contributed by atoms with Crippen LogP contribution in [0.5, 0.6) is 0 Å².